The average molecular weight is 513 g/mol. The second kappa shape index (κ2) is 8.37. The van der Waals surface area contributed by atoms with E-state index in [0.29, 0.717) is 27.8 Å². The van der Waals surface area contributed by atoms with Crippen molar-refractivity contribution in [3.63, 3.8) is 0 Å². The number of aromatic amines is 1. The van der Waals surface area contributed by atoms with Crippen LogP contribution in [0.1, 0.15) is 38.2 Å². The molecule has 2 aliphatic heterocycles. The largest absolute Gasteiger partial charge is 0.374 e. The Hall–Kier alpha value is -2.65. The van der Waals surface area contributed by atoms with Crippen molar-refractivity contribution in [3.8, 4) is 11.3 Å². The summed E-state index contributed by atoms with van der Waals surface area (Å²) in [6.07, 6.45) is 4.56. The molecular formula is C23H23BrN5O2S+. The van der Waals surface area contributed by atoms with Gasteiger partial charge in [0.05, 0.1) is 22.5 Å². The number of nitrogens with zero attached hydrogens (tertiary/aromatic N) is 2. The van der Waals surface area contributed by atoms with Crippen LogP contribution in [0.3, 0.4) is 0 Å². The number of unbranched alkanes of at least 4 members (excludes halogenated alkanes) is 3. The number of para-hydroxylation sites is 1. The number of amides is 1. The molecule has 1 amide bonds. The van der Waals surface area contributed by atoms with Crippen molar-refractivity contribution >= 4 is 45.0 Å². The van der Waals surface area contributed by atoms with Gasteiger partial charge in [-0.3, -0.25) is 14.6 Å². The predicted octanol–water partition coefficient (Wildman–Crippen LogP) is 4.24. The molecule has 3 aromatic rings. The number of rotatable bonds is 6. The summed E-state index contributed by atoms with van der Waals surface area (Å²) in [6, 6.07) is 13.1. The van der Waals surface area contributed by atoms with Gasteiger partial charge in [-0.15, -0.1) is 0 Å². The number of hydrogen-bond acceptors (Lipinski definition) is 5. The van der Waals surface area contributed by atoms with Crippen LogP contribution in [0.2, 0.25) is 0 Å². The number of H-pyrrole nitrogens is 1. The molecule has 0 radical (unpaired) electrons. The van der Waals surface area contributed by atoms with Gasteiger partial charge >= 0.3 is 22.8 Å². The van der Waals surface area contributed by atoms with Crippen molar-refractivity contribution in [1.82, 2.24) is 10.1 Å². The van der Waals surface area contributed by atoms with E-state index >= 15 is 0 Å². The van der Waals surface area contributed by atoms with Gasteiger partial charge in [-0.1, -0.05) is 66.0 Å². The van der Waals surface area contributed by atoms with Crippen LogP contribution in [0.15, 0.2) is 56.9 Å². The first kappa shape index (κ1) is 21.2. The van der Waals surface area contributed by atoms with E-state index in [1.165, 1.54) is 24.6 Å². The number of thioether (sulfide) groups is 1. The summed E-state index contributed by atoms with van der Waals surface area (Å²) >= 11 is 5.03. The predicted molar refractivity (Wildman–Crippen MR) is 129 cm³/mol. The first-order chi connectivity index (χ1) is 15.5. The van der Waals surface area contributed by atoms with Crippen molar-refractivity contribution in [2.45, 2.75) is 43.4 Å². The van der Waals surface area contributed by atoms with Gasteiger partial charge < -0.3 is 10.6 Å². The quantitative estimate of drug-likeness (QED) is 0.261. The molecule has 32 heavy (non-hydrogen) atoms. The van der Waals surface area contributed by atoms with Gasteiger partial charge in [0.1, 0.15) is 0 Å². The van der Waals surface area contributed by atoms with E-state index in [-0.39, 0.29) is 11.5 Å². The van der Waals surface area contributed by atoms with Crippen LogP contribution in [0, 0.1) is 0 Å². The monoisotopic (exact) mass is 512 g/mol. The summed E-state index contributed by atoms with van der Waals surface area (Å²) in [5.74, 6) is 0.580. The molecular weight excluding hydrogens is 490 g/mol. The average Bonchev–Trinajstić information content (AvgIpc) is 3.05. The standard InChI is InChI=1S/C23H22BrN5O2S/c1-2-3-4-7-12-32-22-26-20(30)19-15-8-5-6-9-17(15)27-23(29(19)28-22)16-13-14(24)10-11-18(16)25-21(23)31/h5-6,8-11,13H,2-4,7,12H2,1H3,(H2,25,26,28,30,31)/p+1/t23-/m1/s1. The summed E-state index contributed by atoms with van der Waals surface area (Å²) in [5.41, 5.74) is 1.58. The van der Waals surface area contributed by atoms with Crippen molar-refractivity contribution in [2.24, 2.45) is 0 Å². The highest BCUT2D eigenvalue weighted by atomic mass is 79.9. The number of fused-ring (bicyclic) bond motifs is 6. The molecule has 3 heterocycles. The number of hydrogen-bond donors (Lipinski definition) is 3. The van der Waals surface area contributed by atoms with Crippen LogP contribution in [0.4, 0.5) is 11.4 Å². The molecule has 0 bridgehead atoms. The van der Waals surface area contributed by atoms with E-state index < -0.39 is 5.66 Å². The molecule has 0 saturated carbocycles. The fraction of sp³-hybridized carbons (Fsp3) is 0.304. The molecule has 3 N–H and O–H groups in total. The third kappa shape index (κ3) is 3.34. The third-order valence-corrected chi connectivity index (χ3v) is 7.28. The lowest BCUT2D eigenvalue weighted by Gasteiger charge is -2.28. The lowest BCUT2D eigenvalue weighted by atomic mass is 9.95. The van der Waals surface area contributed by atoms with Gasteiger partial charge in [-0.25, -0.2) is 0 Å². The SMILES string of the molecule is CCCCCCSc1n[n+]2c(c(=O)[nH]1)-c1ccccc1N[C@@]21C(=O)Nc2ccc(Br)cc21. The molecule has 2 aliphatic rings. The molecule has 1 atom stereocenters. The van der Waals surface area contributed by atoms with E-state index in [1.54, 1.807) is 4.68 Å². The summed E-state index contributed by atoms with van der Waals surface area (Å²) in [5, 5.41) is 11.7. The zero-order valence-electron chi connectivity index (χ0n) is 17.6. The highest BCUT2D eigenvalue weighted by molar-refractivity contribution is 9.10. The molecule has 7 nitrogen and oxygen atoms in total. The molecule has 5 rings (SSSR count). The van der Waals surface area contributed by atoms with Crippen LogP contribution in [0.5, 0.6) is 0 Å². The summed E-state index contributed by atoms with van der Waals surface area (Å²) in [4.78, 5) is 29.7. The lowest BCUT2D eigenvalue weighted by Crippen LogP contribution is -2.71. The summed E-state index contributed by atoms with van der Waals surface area (Å²) in [6.45, 7) is 2.18. The minimum Gasteiger partial charge on any atom is -0.317 e. The number of anilines is 2. The first-order valence-corrected chi connectivity index (χ1v) is 12.5. The van der Waals surface area contributed by atoms with Crippen molar-refractivity contribution in [3.05, 3.63) is 62.9 Å². The minimum atomic E-state index is -1.35. The van der Waals surface area contributed by atoms with Gasteiger partial charge in [-0.2, -0.15) is 0 Å². The number of carbonyl (C=O) groups excluding carboxylic acids is 1. The third-order valence-electron chi connectivity index (χ3n) is 5.84. The highest BCUT2D eigenvalue weighted by Gasteiger charge is 2.62. The Kier molecular flexibility index (Phi) is 5.54. The van der Waals surface area contributed by atoms with Crippen molar-refractivity contribution < 1.29 is 9.48 Å². The molecule has 1 aromatic heterocycles. The van der Waals surface area contributed by atoms with E-state index in [0.717, 1.165) is 28.6 Å². The van der Waals surface area contributed by atoms with Gasteiger partial charge in [0, 0.05) is 15.3 Å². The van der Waals surface area contributed by atoms with Gasteiger partial charge in [0.25, 0.3) is 0 Å². The number of aromatic nitrogens is 3. The van der Waals surface area contributed by atoms with Crippen molar-refractivity contribution in [2.75, 3.05) is 16.4 Å². The maximum Gasteiger partial charge on any atom is 0.374 e. The molecule has 0 aliphatic carbocycles. The Morgan fingerprint density at radius 3 is 2.78 bits per heavy atom. The molecule has 0 unspecified atom stereocenters. The van der Waals surface area contributed by atoms with Crippen LogP contribution >= 0.6 is 27.7 Å². The second-order valence-electron chi connectivity index (χ2n) is 7.95. The Labute approximate surface area is 198 Å². The van der Waals surface area contributed by atoms with E-state index in [9.17, 15) is 9.59 Å². The summed E-state index contributed by atoms with van der Waals surface area (Å²) in [7, 11) is 0. The number of nitrogens with one attached hydrogen (secondary N) is 3. The Morgan fingerprint density at radius 2 is 1.94 bits per heavy atom. The molecule has 164 valence electrons. The van der Waals surface area contributed by atoms with E-state index in [1.807, 2.05) is 42.5 Å². The molecule has 9 heteroatoms. The van der Waals surface area contributed by atoms with Crippen LogP contribution < -0.4 is 20.9 Å². The van der Waals surface area contributed by atoms with E-state index in [4.69, 9.17) is 5.10 Å². The zero-order chi connectivity index (χ0) is 22.3. The fourth-order valence-electron chi connectivity index (χ4n) is 4.30. The molecule has 2 aromatic carbocycles. The summed E-state index contributed by atoms with van der Waals surface area (Å²) < 4.78 is 2.40. The second-order valence-corrected chi connectivity index (χ2v) is 9.95. The smallest absolute Gasteiger partial charge is 0.317 e. The first-order valence-electron chi connectivity index (χ1n) is 10.7. The van der Waals surface area contributed by atoms with Crippen LogP contribution in [-0.2, 0) is 10.5 Å². The van der Waals surface area contributed by atoms with Gasteiger partial charge in [-0.05, 0) is 41.4 Å². The van der Waals surface area contributed by atoms with Gasteiger partial charge in [0.2, 0.25) is 5.16 Å². The maximum atomic E-state index is 13.5. The topological polar surface area (TPSA) is 90.8 Å². The Morgan fingerprint density at radius 1 is 1.09 bits per heavy atom. The molecule has 0 saturated heterocycles. The van der Waals surface area contributed by atoms with E-state index in [2.05, 4.69) is 38.5 Å². The molecule has 1 spiro atoms. The number of benzene rings is 2. The molecule has 0 fully saturated rings. The fourth-order valence-corrected chi connectivity index (χ4v) is 5.51. The Balaban J connectivity index is 1.68. The zero-order valence-corrected chi connectivity index (χ0v) is 20.0. The number of halogens is 1. The minimum absolute atomic E-state index is 0.263. The lowest BCUT2D eigenvalue weighted by molar-refractivity contribution is -0.781. The van der Waals surface area contributed by atoms with Gasteiger partial charge in [0.15, 0.2) is 0 Å². The number of carbonyl (C=O) groups is 1. The normalized spacial score (nSPS) is 18.0. The maximum absolute atomic E-state index is 13.5. The van der Waals surface area contributed by atoms with Crippen molar-refractivity contribution in [1.29, 1.82) is 0 Å². The Bertz CT molecular complexity index is 1280. The highest BCUT2D eigenvalue weighted by Crippen LogP contribution is 2.42. The van der Waals surface area contributed by atoms with Crippen LogP contribution in [0.25, 0.3) is 11.3 Å². The van der Waals surface area contributed by atoms with Crippen LogP contribution in [-0.4, -0.2) is 21.7 Å².